The zero-order valence-corrected chi connectivity index (χ0v) is 18.8. The van der Waals surface area contributed by atoms with Gasteiger partial charge < -0.3 is 15.4 Å². The maximum Gasteiger partial charge on any atom is 0.338 e. The summed E-state index contributed by atoms with van der Waals surface area (Å²) in [6, 6.07) is 6.55. The number of ether oxygens (including phenoxy) is 1. The van der Waals surface area contributed by atoms with Crippen LogP contribution in [-0.4, -0.2) is 58.1 Å². The Morgan fingerprint density at radius 3 is 2.61 bits per heavy atom. The molecule has 0 aliphatic heterocycles. The number of fused-ring (bicyclic) bond motifs is 1. The molecule has 3 rings (SSSR count). The highest BCUT2D eigenvalue weighted by Crippen LogP contribution is 2.23. The summed E-state index contributed by atoms with van der Waals surface area (Å²) in [5.41, 5.74) is 1.20. The standard InChI is InChI=1S/C21H26N6O3S/c1-13(2)11-23-17-16-12-24-27(18(16)26-21(25-17)31-4)10-9-22-19(28)14-7-5-6-8-15(14)20(29)30-3/h5-8,12-13H,9-11H2,1-4H3,(H,22,28)(H,23,25,26). The topological polar surface area (TPSA) is 111 Å². The Bertz CT molecular complexity index is 1080. The Balaban J connectivity index is 1.74. The first-order valence-electron chi connectivity index (χ1n) is 9.91. The summed E-state index contributed by atoms with van der Waals surface area (Å²) in [6.07, 6.45) is 3.66. The molecular weight excluding hydrogens is 416 g/mol. The zero-order chi connectivity index (χ0) is 22.4. The summed E-state index contributed by atoms with van der Waals surface area (Å²) in [5, 5.41) is 12.1. The lowest BCUT2D eigenvalue weighted by Crippen LogP contribution is -2.29. The van der Waals surface area contributed by atoms with Crippen LogP contribution < -0.4 is 10.6 Å². The summed E-state index contributed by atoms with van der Waals surface area (Å²) in [7, 11) is 1.29. The number of hydrogen-bond donors (Lipinski definition) is 2. The fourth-order valence-electron chi connectivity index (χ4n) is 2.97. The lowest BCUT2D eigenvalue weighted by molar-refractivity contribution is 0.0596. The minimum Gasteiger partial charge on any atom is -0.465 e. The van der Waals surface area contributed by atoms with Crippen molar-refractivity contribution in [3.8, 4) is 0 Å². The molecule has 2 aromatic heterocycles. The number of anilines is 1. The first kappa shape index (κ1) is 22.5. The van der Waals surface area contributed by atoms with Crippen molar-refractivity contribution >= 4 is 40.5 Å². The Hall–Kier alpha value is -3.14. The van der Waals surface area contributed by atoms with Crippen LogP contribution in [-0.2, 0) is 11.3 Å². The number of methoxy groups -OCH3 is 1. The van der Waals surface area contributed by atoms with Gasteiger partial charge in [-0.25, -0.2) is 19.4 Å². The summed E-state index contributed by atoms with van der Waals surface area (Å²) >= 11 is 1.46. The van der Waals surface area contributed by atoms with E-state index < -0.39 is 5.97 Å². The smallest absolute Gasteiger partial charge is 0.338 e. The maximum atomic E-state index is 12.6. The lowest BCUT2D eigenvalue weighted by Gasteiger charge is -2.11. The van der Waals surface area contributed by atoms with Gasteiger partial charge in [-0.05, 0) is 24.3 Å². The first-order valence-corrected chi connectivity index (χ1v) is 11.1. The highest BCUT2D eigenvalue weighted by Gasteiger charge is 2.17. The fraction of sp³-hybridized carbons (Fsp3) is 0.381. The number of rotatable bonds is 9. The van der Waals surface area contributed by atoms with Crippen molar-refractivity contribution in [3.63, 3.8) is 0 Å². The second kappa shape index (κ2) is 10.3. The molecule has 164 valence electrons. The number of nitrogens with zero attached hydrogens (tertiary/aromatic N) is 4. The quantitative estimate of drug-likeness (QED) is 0.296. The van der Waals surface area contributed by atoms with Gasteiger partial charge in [0.2, 0.25) is 0 Å². The van der Waals surface area contributed by atoms with Gasteiger partial charge in [-0.1, -0.05) is 37.7 Å². The van der Waals surface area contributed by atoms with E-state index in [-0.39, 0.29) is 17.0 Å². The van der Waals surface area contributed by atoms with Gasteiger partial charge in [0.1, 0.15) is 5.82 Å². The average Bonchev–Trinajstić information content (AvgIpc) is 3.19. The number of benzene rings is 1. The maximum absolute atomic E-state index is 12.6. The van der Waals surface area contributed by atoms with Gasteiger partial charge in [0.15, 0.2) is 10.8 Å². The predicted molar refractivity (Wildman–Crippen MR) is 121 cm³/mol. The normalized spacial score (nSPS) is 11.0. The van der Waals surface area contributed by atoms with Crippen LogP contribution in [0.2, 0.25) is 0 Å². The number of esters is 1. The van der Waals surface area contributed by atoms with Crippen LogP contribution in [0, 0.1) is 5.92 Å². The van der Waals surface area contributed by atoms with Crippen LogP contribution in [0.3, 0.4) is 0 Å². The summed E-state index contributed by atoms with van der Waals surface area (Å²) in [6.45, 7) is 5.79. The number of thioether (sulfide) groups is 1. The highest BCUT2D eigenvalue weighted by atomic mass is 32.2. The van der Waals surface area contributed by atoms with E-state index in [4.69, 9.17) is 4.74 Å². The highest BCUT2D eigenvalue weighted by molar-refractivity contribution is 7.98. The van der Waals surface area contributed by atoms with Crippen molar-refractivity contribution in [2.45, 2.75) is 25.5 Å². The molecule has 1 amide bonds. The fourth-order valence-corrected chi connectivity index (χ4v) is 3.33. The van der Waals surface area contributed by atoms with Crippen LogP contribution in [0.15, 0.2) is 35.6 Å². The molecule has 2 N–H and O–H groups in total. The molecule has 10 heteroatoms. The largest absolute Gasteiger partial charge is 0.465 e. The van der Waals surface area contributed by atoms with Crippen molar-refractivity contribution < 1.29 is 14.3 Å². The average molecular weight is 443 g/mol. The van der Waals surface area contributed by atoms with E-state index in [1.165, 1.54) is 18.9 Å². The third-order valence-corrected chi connectivity index (χ3v) is 5.07. The van der Waals surface area contributed by atoms with Crippen LogP contribution in [0.5, 0.6) is 0 Å². The van der Waals surface area contributed by atoms with Gasteiger partial charge in [0, 0.05) is 13.1 Å². The van der Waals surface area contributed by atoms with E-state index in [2.05, 4.69) is 39.5 Å². The molecule has 31 heavy (non-hydrogen) atoms. The van der Waals surface area contributed by atoms with Crippen molar-refractivity contribution in [2.24, 2.45) is 5.92 Å². The van der Waals surface area contributed by atoms with Gasteiger partial charge in [-0.3, -0.25) is 4.79 Å². The van der Waals surface area contributed by atoms with Gasteiger partial charge in [0.05, 0.1) is 36.4 Å². The number of carbonyl (C=O) groups excluding carboxylic acids is 2. The minimum absolute atomic E-state index is 0.227. The molecular formula is C21H26N6O3S. The second-order valence-electron chi connectivity index (χ2n) is 7.23. The van der Waals surface area contributed by atoms with Gasteiger partial charge >= 0.3 is 5.97 Å². The van der Waals surface area contributed by atoms with E-state index in [0.717, 1.165) is 17.7 Å². The zero-order valence-electron chi connectivity index (χ0n) is 18.0. The molecule has 0 bridgehead atoms. The van der Waals surface area contributed by atoms with Gasteiger partial charge in [0.25, 0.3) is 5.91 Å². The van der Waals surface area contributed by atoms with Crippen LogP contribution in [0.4, 0.5) is 5.82 Å². The monoisotopic (exact) mass is 442 g/mol. The first-order chi connectivity index (χ1) is 14.9. The predicted octanol–water partition coefficient (Wildman–Crippen LogP) is 2.83. The molecule has 3 aromatic rings. The number of nitrogens with one attached hydrogen (secondary N) is 2. The number of amides is 1. The summed E-state index contributed by atoms with van der Waals surface area (Å²) in [5.74, 6) is 0.328. The van der Waals surface area contributed by atoms with E-state index in [0.29, 0.717) is 29.8 Å². The number of carbonyl (C=O) groups is 2. The molecule has 2 heterocycles. The van der Waals surface area contributed by atoms with Crippen molar-refractivity contribution in [3.05, 3.63) is 41.6 Å². The van der Waals surface area contributed by atoms with Gasteiger partial charge in [-0.15, -0.1) is 0 Å². The Kier molecular flexibility index (Phi) is 7.45. The number of hydrogen-bond acceptors (Lipinski definition) is 8. The third kappa shape index (κ3) is 5.32. The molecule has 0 spiro atoms. The van der Waals surface area contributed by atoms with Crippen molar-refractivity contribution in [1.29, 1.82) is 0 Å². The second-order valence-corrected chi connectivity index (χ2v) is 8.01. The molecule has 0 saturated heterocycles. The summed E-state index contributed by atoms with van der Waals surface area (Å²) in [4.78, 5) is 33.6. The van der Waals surface area contributed by atoms with Crippen LogP contribution >= 0.6 is 11.8 Å². The van der Waals surface area contributed by atoms with Crippen LogP contribution in [0.25, 0.3) is 11.0 Å². The molecule has 0 aliphatic carbocycles. The van der Waals surface area contributed by atoms with E-state index >= 15 is 0 Å². The Morgan fingerprint density at radius 1 is 1.19 bits per heavy atom. The van der Waals surface area contributed by atoms with Crippen molar-refractivity contribution in [1.82, 2.24) is 25.1 Å². The SMILES string of the molecule is COC(=O)c1ccccc1C(=O)NCCn1ncc2c(NCC(C)C)nc(SC)nc21. The van der Waals surface area contributed by atoms with E-state index in [1.807, 2.05) is 6.26 Å². The molecule has 0 atom stereocenters. The Morgan fingerprint density at radius 2 is 1.94 bits per heavy atom. The molecule has 1 aromatic carbocycles. The lowest BCUT2D eigenvalue weighted by atomic mass is 10.1. The molecule has 0 unspecified atom stereocenters. The summed E-state index contributed by atoms with van der Waals surface area (Å²) < 4.78 is 6.49. The number of aromatic nitrogens is 4. The minimum atomic E-state index is -0.549. The third-order valence-electron chi connectivity index (χ3n) is 4.52. The molecule has 0 saturated carbocycles. The molecule has 0 aliphatic rings. The van der Waals surface area contributed by atoms with Crippen molar-refractivity contribution in [2.75, 3.05) is 31.8 Å². The molecule has 0 fully saturated rings. The Labute approximate surface area is 185 Å². The van der Waals surface area contributed by atoms with E-state index in [9.17, 15) is 9.59 Å². The van der Waals surface area contributed by atoms with Gasteiger partial charge in [-0.2, -0.15) is 5.10 Å². The molecule has 9 nitrogen and oxygen atoms in total. The molecule has 0 radical (unpaired) electrons. The van der Waals surface area contributed by atoms with Crippen LogP contribution in [0.1, 0.15) is 34.6 Å². The van der Waals surface area contributed by atoms with E-state index in [1.54, 1.807) is 35.1 Å².